The predicted molar refractivity (Wildman–Crippen MR) is 102 cm³/mol. The predicted octanol–water partition coefficient (Wildman–Crippen LogP) is 1.37. The van der Waals surface area contributed by atoms with Gasteiger partial charge in [0.2, 0.25) is 0 Å². The Balaban J connectivity index is 2.01. The van der Waals surface area contributed by atoms with Gasteiger partial charge in [0.25, 0.3) is 5.91 Å². The van der Waals surface area contributed by atoms with Crippen molar-refractivity contribution in [3.05, 3.63) is 39.8 Å². The highest BCUT2D eigenvalue weighted by Crippen LogP contribution is 2.37. The maximum Gasteiger partial charge on any atom is 0.341 e. The van der Waals surface area contributed by atoms with E-state index in [0.717, 1.165) is 30.0 Å². The fourth-order valence-corrected chi connectivity index (χ4v) is 4.61. The molecule has 1 aliphatic rings. The number of hydrogen-bond donors (Lipinski definition) is 2. The highest BCUT2D eigenvalue weighted by Gasteiger charge is 2.31. The third-order valence-electron chi connectivity index (χ3n) is 4.63. The molecule has 0 bridgehead atoms. The molecule has 27 heavy (non-hydrogen) atoms. The molecule has 1 atom stereocenters. The van der Waals surface area contributed by atoms with Crippen molar-refractivity contribution in [1.82, 2.24) is 0 Å². The van der Waals surface area contributed by atoms with Crippen molar-refractivity contribution < 1.29 is 28.7 Å². The quantitative estimate of drug-likeness (QED) is 0.753. The van der Waals surface area contributed by atoms with Gasteiger partial charge in [0.15, 0.2) is 0 Å². The van der Waals surface area contributed by atoms with Crippen LogP contribution < -0.4 is 19.7 Å². The minimum atomic E-state index is -0.436. The molecule has 2 N–H and O–H groups in total. The summed E-state index contributed by atoms with van der Waals surface area (Å²) >= 11 is 1.42. The molecule has 8 heteroatoms. The molecular formula is C19H23N2O5S+. The second kappa shape index (κ2) is 7.98. The summed E-state index contributed by atoms with van der Waals surface area (Å²) in [5, 5.41) is 3.37. The maximum atomic E-state index is 13.0. The molecule has 0 saturated carbocycles. The van der Waals surface area contributed by atoms with Crippen molar-refractivity contribution in [2.75, 3.05) is 40.2 Å². The molecule has 2 heterocycles. The Morgan fingerprint density at radius 1 is 1.11 bits per heavy atom. The third kappa shape index (κ3) is 3.63. The molecule has 0 spiro atoms. The normalized spacial score (nSPS) is 15.6. The van der Waals surface area contributed by atoms with E-state index in [2.05, 4.69) is 12.4 Å². The van der Waals surface area contributed by atoms with E-state index < -0.39 is 11.9 Å². The lowest BCUT2D eigenvalue weighted by molar-refractivity contribution is -0.895. The summed E-state index contributed by atoms with van der Waals surface area (Å²) in [6, 6.07) is 5.13. The number of thiophene rings is 1. The summed E-state index contributed by atoms with van der Waals surface area (Å²) in [4.78, 5) is 27.8. The summed E-state index contributed by atoms with van der Waals surface area (Å²) in [5.41, 5.74) is 1.71. The smallest absolute Gasteiger partial charge is 0.341 e. The van der Waals surface area contributed by atoms with Gasteiger partial charge in [0.05, 0.1) is 45.4 Å². The van der Waals surface area contributed by atoms with E-state index in [4.69, 9.17) is 14.2 Å². The van der Waals surface area contributed by atoms with Crippen LogP contribution >= 0.6 is 11.3 Å². The molecule has 2 aromatic rings. The molecule has 1 aliphatic heterocycles. The number of anilines is 1. The van der Waals surface area contributed by atoms with Gasteiger partial charge in [0, 0.05) is 6.42 Å². The van der Waals surface area contributed by atoms with Gasteiger partial charge < -0.3 is 24.4 Å². The Hall–Kier alpha value is -2.58. The largest absolute Gasteiger partial charge is 0.496 e. The van der Waals surface area contributed by atoms with Gasteiger partial charge in [0.1, 0.15) is 28.6 Å². The van der Waals surface area contributed by atoms with E-state index in [1.54, 1.807) is 18.2 Å². The molecule has 3 rings (SSSR count). The molecule has 0 aliphatic carbocycles. The van der Waals surface area contributed by atoms with Crippen LogP contribution in [0.25, 0.3) is 0 Å². The lowest BCUT2D eigenvalue weighted by Gasteiger charge is -2.19. The van der Waals surface area contributed by atoms with Crippen LogP contribution in [-0.2, 0) is 17.7 Å². The minimum Gasteiger partial charge on any atom is -0.496 e. The van der Waals surface area contributed by atoms with Crippen LogP contribution in [0.15, 0.2) is 18.2 Å². The van der Waals surface area contributed by atoms with E-state index in [9.17, 15) is 9.59 Å². The van der Waals surface area contributed by atoms with E-state index in [-0.39, 0.29) is 5.56 Å². The number of ether oxygens (including phenoxy) is 3. The lowest BCUT2D eigenvalue weighted by Crippen LogP contribution is -3.08. The van der Waals surface area contributed by atoms with Gasteiger partial charge >= 0.3 is 5.97 Å². The van der Waals surface area contributed by atoms with Crippen LogP contribution in [-0.4, -0.2) is 46.8 Å². The topological polar surface area (TPSA) is 78.3 Å². The zero-order valence-corrected chi connectivity index (χ0v) is 16.6. The van der Waals surface area contributed by atoms with Crippen molar-refractivity contribution in [3.63, 3.8) is 0 Å². The van der Waals surface area contributed by atoms with Crippen molar-refractivity contribution in [2.45, 2.75) is 13.0 Å². The Labute approximate surface area is 161 Å². The lowest BCUT2D eigenvalue weighted by atomic mass is 10.0. The Morgan fingerprint density at radius 3 is 2.37 bits per heavy atom. The van der Waals surface area contributed by atoms with Gasteiger partial charge in [-0.25, -0.2) is 4.79 Å². The molecule has 0 saturated heterocycles. The summed E-state index contributed by atoms with van der Waals surface area (Å²) < 4.78 is 15.6. The van der Waals surface area contributed by atoms with Crippen molar-refractivity contribution in [1.29, 1.82) is 0 Å². The average molecular weight is 391 g/mol. The number of benzene rings is 1. The number of hydrogen-bond acceptors (Lipinski definition) is 6. The monoisotopic (exact) mass is 391 g/mol. The second-order valence-corrected chi connectivity index (χ2v) is 7.43. The highest BCUT2D eigenvalue weighted by molar-refractivity contribution is 7.17. The van der Waals surface area contributed by atoms with Crippen molar-refractivity contribution in [2.24, 2.45) is 0 Å². The summed E-state index contributed by atoms with van der Waals surface area (Å²) in [6.07, 6.45) is 0.774. The second-order valence-electron chi connectivity index (χ2n) is 6.33. The molecule has 144 valence electrons. The number of carbonyl (C=O) groups excluding carboxylic acids is 2. The van der Waals surface area contributed by atoms with E-state index in [0.29, 0.717) is 22.1 Å². The SMILES string of the molecule is COC(=O)c1c(NC(=O)c2c(OC)cccc2OC)sc2c1CC[NH+](C)C2. The highest BCUT2D eigenvalue weighted by atomic mass is 32.1. The van der Waals surface area contributed by atoms with Gasteiger partial charge in [-0.1, -0.05) is 6.07 Å². The fraction of sp³-hybridized carbons (Fsp3) is 0.368. The van der Waals surface area contributed by atoms with E-state index in [1.165, 1.54) is 37.6 Å². The Kier molecular flexibility index (Phi) is 5.67. The number of esters is 1. The zero-order valence-electron chi connectivity index (χ0n) is 15.8. The van der Waals surface area contributed by atoms with Crippen LogP contribution in [0.1, 0.15) is 31.2 Å². The Morgan fingerprint density at radius 2 is 1.78 bits per heavy atom. The molecule has 1 aromatic carbocycles. The number of likely N-dealkylation sites (N-methyl/N-ethyl adjacent to an activating group) is 1. The Bertz CT molecular complexity index is 855. The number of quaternary nitrogens is 1. The number of fused-ring (bicyclic) bond motifs is 1. The van der Waals surface area contributed by atoms with Crippen molar-refractivity contribution >= 4 is 28.2 Å². The molecule has 1 aromatic heterocycles. The van der Waals surface area contributed by atoms with Gasteiger partial charge in [-0.3, -0.25) is 4.79 Å². The van der Waals surface area contributed by atoms with Crippen LogP contribution in [0.4, 0.5) is 5.00 Å². The van der Waals surface area contributed by atoms with E-state index in [1.807, 2.05) is 0 Å². The first-order valence-corrected chi connectivity index (χ1v) is 9.38. The van der Waals surface area contributed by atoms with Crippen LogP contribution in [0.2, 0.25) is 0 Å². The first kappa shape index (κ1) is 19.2. The van der Waals surface area contributed by atoms with Crippen molar-refractivity contribution in [3.8, 4) is 11.5 Å². The number of rotatable bonds is 5. The maximum absolute atomic E-state index is 13.0. The molecule has 0 fully saturated rings. The van der Waals surface area contributed by atoms with Gasteiger partial charge in [-0.05, 0) is 17.7 Å². The van der Waals surface area contributed by atoms with Gasteiger partial charge in [-0.2, -0.15) is 0 Å². The van der Waals surface area contributed by atoms with Crippen LogP contribution in [0, 0.1) is 0 Å². The first-order chi connectivity index (χ1) is 13.0. The standard InChI is InChI=1S/C19H22N2O5S/c1-21-9-8-11-14(10-21)27-18(15(11)19(23)26-4)20-17(22)16-12(24-2)6-5-7-13(16)25-3/h5-7H,8-10H2,1-4H3,(H,20,22)/p+1. The fourth-order valence-electron chi connectivity index (χ4n) is 3.27. The van der Waals surface area contributed by atoms with Crippen LogP contribution in [0.3, 0.4) is 0 Å². The zero-order chi connectivity index (χ0) is 19.6. The van der Waals surface area contributed by atoms with E-state index >= 15 is 0 Å². The summed E-state index contributed by atoms with van der Waals surface area (Å²) in [7, 11) is 6.45. The number of methoxy groups -OCH3 is 3. The summed E-state index contributed by atoms with van der Waals surface area (Å²) in [6.45, 7) is 1.75. The van der Waals surface area contributed by atoms with Gasteiger partial charge in [-0.15, -0.1) is 11.3 Å². The molecule has 0 radical (unpaired) electrons. The molecular weight excluding hydrogens is 368 g/mol. The summed E-state index contributed by atoms with van der Waals surface area (Å²) in [5.74, 6) is -0.0305. The molecule has 1 unspecified atom stereocenters. The molecule has 7 nitrogen and oxygen atoms in total. The molecule has 1 amide bonds. The average Bonchev–Trinajstić information content (AvgIpc) is 3.03. The third-order valence-corrected chi connectivity index (χ3v) is 5.77. The number of carbonyl (C=O) groups is 2. The minimum absolute atomic E-state index is 0.285. The van der Waals surface area contributed by atoms with Crippen LogP contribution in [0.5, 0.6) is 11.5 Å². The number of nitrogens with one attached hydrogen (secondary N) is 2. The first-order valence-electron chi connectivity index (χ1n) is 8.56. The number of amides is 1.